The fourth-order valence-electron chi connectivity index (χ4n) is 1.94. The molecule has 0 bridgehead atoms. The van der Waals surface area contributed by atoms with E-state index in [0.29, 0.717) is 11.4 Å². The van der Waals surface area contributed by atoms with Crippen LogP contribution >= 0.6 is 0 Å². The molecular weight excluding hydrogens is 266 g/mol. The maximum Gasteiger partial charge on any atom is 0.335 e. The van der Waals surface area contributed by atoms with E-state index in [4.69, 9.17) is 5.11 Å². The summed E-state index contributed by atoms with van der Waals surface area (Å²) >= 11 is 0. The minimum absolute atomic E-state index is 0.185. The van der Waals surface area contributed by atoms with Gasteiger partial charge in [0.15, 0.2) is 0 Å². The summed E-state index contributed by atoms with van der Waals surface area (Å²) in [5.41, 5.74) is 2.79. The number of aromatic carboxylic acids is 1. The normalized spacial score (nSPS) is 10.3. The van der Waals surface area contributed by atoms with Crippen molar-refractivity contribution in [3.05, 3.63) is 66.5 Å². The quantitative estimate of drug-likeness (QED) is 0.796. The number of aromatic nitrogens is 3. The van der Waals surface area contributed by atoms with Crippen LogP contribution in [0.3, 0.4) is 0 Å². The maximum absolute atomic E-state index is 11.0. The zero-order valence-electron chi connectivity index (χ0n) is 11.0. The summed E-state index contributed by atoms with van der Waals surface area (Å²) in [6, 6.07) is 14.1. The smallest absolute Gasteiger partial charge is 0.335 e. The first kappa shape index (κ1) is 12.9. The van der Waals surface area contributed by atoms with Crippen molar-refractivity contribution in [2.24, 2.45) is 0 Å². The highest BCUT2D eigenvalue weighted by Gasteiger charge is 2.08. The molecule has 0 spiro atoms. The lowest BCUT2D eigenvalue weighted by Gasteiger charge is -2.04. The van der Waals surface area contributed by atoms with E-state index in [1.807, 2.05) is 30.3 Å². The summed E-state index contributed by atoms with van der Waals surface area (Å²) in [6.07, 6.45) is 3.17. The van der Waals surface area contributed by atoms with Gasteiger partial charge >= 0.3 is 5.97 Å². The largest absolute Gasteiger partial charge is 0.478 e. The fourth-order valence-corrected chi connectivity index (χ4v) is 1.94. The molecule has 3 heterocycles. The lowest BCUT2D eigenvalue weighted by atomic mass is 10.1. The van der Waals surface area contributed by atoms with Crippen molar-refractivity contribution in [2.45, 2.75) is 0 Å². The number of hydrogen-bond acceptors (Lipinski definition) is 4. The van der Waals surface area contributed by atoms with Gasteiger partial charge in [0, 0.05) is 12.4 Å². The van der Waals surface area contributed by atoms with Crippen molar-refractivity contribution in [1.82, 2.24) is 15.0 Å². The molecular formula is C16H11N3O2. The van der Waals surface area contributed by atoms with E-state index in [-0.39, 0.29) is 5.56 Å². The fraction of sp³-hybridized carbons (Fsp3) is 0. The lowest BCUT2D eigenvalue weighted by Crippen LogP contribution is -1.98. The van der Waals surface area contributed by atoms with Gasteiger partial charge in [0.05, 0.1) is 28.3 Å². The number of carboxylic acid groups (broad SMARTS) is 1. The van der Waals surface area contributed by atoms with Crippen LogP contribution in [0.15, 0.2) is 60.9 Å². The predicted molar refractivity (Wildman–Crippen MR) is 77.7 cm³/mol. The highest BCUT2D eigenvalue weighted by atomic mass is 16.4. The third-order valence-corrected chi connectivity index (χ3v) is 2.95. The lowest BCUT2D eigenvalue weighted by molar-refractivity contribution is 0.0697. The molecule has 0 saturated heterocycles. The van der Waals surface area contributed by atoms with E-state index in [0.717, 1.165) is 11.4 Å². The maximum atomic E-state index is 11.0. The van der Waals surface area contributed by atoms with Crippen LogP contribution < -0.4 is 0 Å². The van der Waals surface area contributed by atoms with Crippen molar-refractivity contribution in [2.75, 3.05) is 0 Å². The van der Waals surface area contributed by atoms with Crippen LogP contribution in [0.1, 0.15) is 10.4 Å². The predicted octanol–water partition coefficient (Wildman–Crippen LogP) is 2.90. The second-order valence-electron chi connectivity index (χ2n) is 4.36. The van der Waals surface area contributed by atoms with Gasteiger partial charge in [-0.2, -0.15) is 0 Å². The Morgan fingerprint density at radius 3 is 2.24 bits per heavy atom. The first-order valence-electron chi connectivity index (χ1n) is 6.32. The first-order chi connectivity index (χ1) is 10.2. The van der Waals surface area contributed by atoms with E-state index in [1.54, 1.807) is 12.3 Å². The summed E-state index contributed by atoms with van der Waals surface area (Å²) in [5, 5.41) is 9.03. The Kier molecular flexibility index (Phi) is 3.39. The number of nitrogens with zero attached hydrogens (tertiary/aromatic N) is 3. The zero-order valence-corrected chi connectivity index (χ0v) is 11.0. The molecule has 3 aromatic heterocycles. The third kappa shape index (κ3) is 2.76. The molecule has 5 heteroatoms. The molecule has 0 aliphatic carbocycles. The number of carboxylic acids is 1. The molecule has 0 aliphatic heterocycles. The first-order valence-corrected chi connectivity index (χ1v) is 6.32. The second kappa shape index (κ2) is 5.50. The van der Waals surface area contributed by atoms with Crippen LogP contribution in [0.2, 0.25) is 0 Å². The highest BCUT2D eigenvalue weighted by Crippen LogP contribution is 2.20. The summed E-state index contributed by atoms with van der Waals surface area (Å²) in [5.74, 6) is -0.987. The molecule has 0 unspecified atom stereocenters. The minimum Gasteiger partial charge on any atom is -0.478 e. The van der Waals surface area contributed by atoms with Crippen LogP contribution in [0.25, 0.3) is 22.8 Å². The van der Waals surface area contributed by atoms with E-state index in [1.165, 1.54) is 18.3 Å². The standard InChI is InChI=1S/C16H11N3O2/c20-16(21)11-7-9-18-15(10-11)14-6-3-5-13(19-14)12-4-1-2-8-17-12/h1-10H,(H,20,21). The third-order valence-electron chi connectivity index (χ3n) is 2.95. The van der Waals surface area contributed by atoms with Gasteiger partial charge in [0.1, 0.15) is 0 Å². The van der Waals surface area contributed by atoms with Crippen LogP contribution in [0, 0.1) is 0 Å². The van der Waals surface area contributed by atoms with Gasteiger partial charge in [0.25, 0.3) is 0 Å². The number of rotatable bonds is 3. The van der Waals surface area contributed by atoms with E-state index >= 15 is 0 Å². The summed E-state index contributed by atoms with van der Waals surface area (Å²) in [7, 11) is 0. The van der Waals surface area contributed by atoms with Crippen molar-refractivity contribution < 1.29 is 9.90 Å². The van der Waals surface area contributed by atoms with E-state index < -0.39 is 5.97 Å². The molecule has 5 nitrogen and oxygen atoms in total. The summed E-state index contributed by atoms with van der Waals surface area (Å²) < 4.78 is 0. The van der Waals surface area contributed by atoms with Crippen molar-refractivity contribution in [3.8, 4) is 22.8 Å². The Labute approximate surface area is 121 Å². The molecule has 21 heavy (non-hydrogen) atoms. The number of pyridine rings is 3. The number of carbonyl (C=O) groups is 1. The van der Waals surface area contributed by atoms with Gasteiger partial charge in [-0.05, 0) is 36.4 Å². The highest BCUT2D eigenvalue weighted by molar-refractivity contribution is 5.88. The van der Waals surface area contributed by atoms with Crippen molar-refractivity contribution >= 4 is 5.97 Å². The number of hydrogen-bond donors (Lipinski definition) is 1. The average Bonchev–Trinajstić information content (AvgIpc) is 2.56. The van der Waals surface area contributed by atoms with Gasteiger partial charge in [-0.3, -0.25) is 9.97 Å². The van der Waals surface area contributed by atoms with E-state index in [9.17, 15) is 4.79 Å². The topological polar surface area (TPSA) is 76.0 Å². The molecule has 3 aromatic rings. The van der Waals surface area contributed by atoms with Crippen LogP contribution in [-0.2, 0) is 0 Å². The molecule has 1 N–H and O–H groups in total. The van der Waals surface area contributed by atoms with Crippen molar-refractivity contribution in [1.29, 1.82) is 0 Å². The van der Waals surface area contributed by atoms with Crippen molar-refractivity contribution in [3.63, 3.8) is 0 Å². The Morgan fingerprint density at radius 1 is 0.810 bits per heavy atom. The molecule has 0 fully saturated rings. The molecule has 0 amide bonds. The van der Waals surface area contributed by atoms with Gasteiger partial charge < -0.3 is 5.11 Å². The molecule has 0 radical (unpaired) electrons. The van der Waals surface area contributed by atoms with Crippen LogP contribution in [-0.4, -0.2) is 26.0 Å². The summed E-state index contributed by atoms with van der Waals surface area (Å²) in [4.78, 5) is 23.9. The van der Waals surface area contributed by atoms with Crippen LogP contribution in [0.4, 0.5) is 0 Å². The second-order valence-corrected chi connectivity index (χ2v) is 4.36. The molecule has 102 valence electrons. The van der Waals surface area contributed by atoms with Gasteiger partial charge in [-0.25, -0.2) is 9.78 Å². The monoisotopic (exact) mass is 277 g/mol. The summed E-state index contributed by atoms with van der Waals surface area (Å²) in [6.45, 7) is 0. The average molecular weight is 277 g/mol. The van der Waals surface area contributed by atoms with Gasteiger partial charge in [-0.15, -0.1) is 0 Å². The molecule has 3 rings (SSSR count). The molecule has 0 aliphatic rings. The Balaban J connectivity index is 2.04. The minimum atomic E-state index is -0.987. The Bertz CT molecular complexity index is 788. The van der Waals surface area contributed by atoms with Gasteiger partial charge in [0.2, 0.25) is 0 Å². The molecule has 0 saturated carbocycles. The zero-order chi connectivity index (χ0) is 14.7. The van der Waals surface area contributed by atoms with E-state index in [2.05, 4.69) is 15.0 Å². The van der Waals surface area contributed by atoms with Gasteiger partial charge in [-0.1, -0.05) is 12.1 Å². The Hall–Kier alpha value is -3.08. The van der Waals surface area contributed by atoms with Crippen LogP contribution in [0.5, 0.6) is 0 Å². The Morgan fingerprint density at radius 2 is 1.52 bits per heavy atom. The SMILES string of the molecule is O=C(O)c1ccnc(-c2cccc(-c3ccccn3)n2)c1. The molecule has 0 atom stereocenters. The molecule has 0 aromatic carbocycles.